The first-order chi connectivity index (χ1) is 9.77. The van der Waals surface area contributed by atoms with Crippen LogP contribution in [0.4, 0.5) is 5.82 Å². The molecule has 6 heteroatoms. The fourth-order valence-corrected chi connectivity index (χ4v) is 2.62. The predicted octanol–water partition coefficient (Wildman–Crippen LogP) is 1.30. The molecule has 104 valence electrons. The largest absolute Gasteiger partial charge is 0.342 e. The normalized spacial score (nSPS) is 19.1. The van der Waals surface area contributed by atoms with Crippen molar-refractivity contribution in [3.8, 4) is 0 Å². The maximum atomic E-state index is 12.3. The van der Waals surface area contributed by atoms with Gasteiger partial charge in [0.15, 0.2) is 11.6 Å². The van der Waals surface area contributed by atoms with Crippen molar-refractivity contribution in [3.63, 3.8) is 0 Å². The van der Waals surface area contributed by atoms with E-state index in [0.29, 0.717) is 5.82 Å². The number of nitrogens with zero attached hydrogens (tertiary/aromatic N) is 5. The van der Waals surface area contributed by atoms with Crippen LogP contribution < -0.4 is 10.5 Å². The van der Waals surface area contributed by atoms with Gasteiger partial charge in [-0.2, -0.15) is 0 Å². The fourth-order valence-electron chi connectivity index (χ4n) is 2.62. The molecule has 2 aromatic rings. The van der Waals surface area contributed by atoms with Crippen LogP contribution >= 0.6 is 0 Å². The Bertz CT molecular complexity index is 640. The second kappa shape index (κ2) is 5.40. The second-order valence-electron chi connectivity index (χ2n) is 4.98. The van der Waals surface area contributed by atoms with E-state index in [1.807, 2.05) is 4.90 Å². The lowest BCUT2D eigenvalue weighted by Gasteiger charge is -2.35. The summed E-state index contributed by atoms with van der Waals surface area (Å²) in [5.41, 5.74) is -0.0738. The summed E-state index contributed by atoms with van der Waals surface area (Å²) in [6, 6.07) is 1.84. The van der Waals surface area contributed by atoms with Gasteiger partial charge in [0.1, 0.15) is 0 Å². The van der Waals surface area contributed by atoms with Gasteiger partial charge in [-0.25, -0.2) is 15.0 Å². The average molecular weight is 271 g/mol. The highest BCUT2D eigenvalue weighted by Crippen LogP contribution is 2.30. The molecule has 3 heterocycles. The Hall–Kier alpha value is -2.24. The zero-order valence-corrected chi connectivity index (χ0v) is 11.4. The third kappa shape index (κ3) is 2.29. The van der Waals surface area contributed by atoms with Crippen LogP contribution in [0.5, 0.6) is 0 Å². The lowest BCUT2D eigenvalue weighted by molar-refractivity contribution is 0.450. The molecule has 1 unspecified atom stereocenters. The van der Waals surface area contributed by atoms with Crippen molar-refractivity contribution in [2.45, 2.75) is 25.3 Å². The maximum Gasteiger partial charge on any atom is 0.293 e. The smallest absolute Gasteiger partial charge is 0.293 e. The van der Waals surface area contributed by atoms with Gasteiger partial charge < -0.3 is 9.47 Å². The van der Waals surface area contributed by atoms with Crippen LogP contribution in [-0.4, -0.2) is 26.1 Å². The first-order valence-corrected chi connectivity index (χ1v) is 6.82. The minimum absolute atomic E-state index is 0.0348. The Morgan fingerprint density at radius 3 is 2.75 bits per heavy atom. The standard InChI is InChI=1S/C14H17N5O/c1-18-10-8-17-13(14(18)20)19-9-3-2-5-11(19)12-15-6-4-7-16-12/h4,6-8,10-11H,2-3,5,9H2,1H3. The Balaban J connectivity index is 2.01. The van der Waals surface area contributed by atoms with Crippen molar-refractivity contribution in [1.29, 1.82) is 0 Å². The van der Waals surface area contributed by atoms with E-state index in [0.717, 1.165) is 31.6 Å². The number of anilines is 1. The van der Waals surface area contributed by atoms with Gasteiger partial charge in [-0.15, -0.1) is 0 Å². The molecule has 0 saturated carbocycles. The molecule has 0 aromatic carbocycles. The quantitative estimate of drug-likeness (QED) is 0.824. The highest BCUT2D eigenvalue weighted by molar-refractivity contribution is 5.39. The molecule has 1 fully saturated rings. The number of hydrogen-bond donors (Lipinski definition) is 0. The zero-order valence-electron chi connectivity index (χ0n) is 11.4. The third-order valence-corrected chi connectivity index (χ3v) is 3.66. The van der Waals surface area contributed by atoms with E-state index >= 15 is 0 Å². The first kappa shape index (κ1) is 12.8. The summed E-state index contributed by atoms with van der Waals surface area (Å²) in [5.74, 6) is 1.26. The summed E-state index contributed by atoms with van der Waals surface area (Å²) in [5, 5.41) is 0. The molecule has 1 aliphatic heterocycles. The summed E-state index contributed by atoms with van der Waals surface area (Å²) < 4.78 is 1.56. The molecule has 1 aliphatic rings. The van der Waals surface area contributed by atoms with E-state index in [4.69, 9.17) is 0 Å². The van der Waals surface area contributed by atoms with Gasteiger partial charge in [-0.05, 0) is 25.3 Å². The molecule has 0 spiro atoms. The number of hydrogen-bond acceptors (Lipinski definition) is 5. The van der Waals surface area contributed by atoms with Crippen LogP contribution in [0.1, 0.15) is 31.1 Å². The lowest BCUT2D eigenvalue weighted by atomic mass is 10.0. The Morgan fingerprint density at radius 2 is 1.95 bits per heavy atom. The van der Waals surface area contributed by atoms with Crippen molar-refractivity contribution in [3.05, 3.63) is 47.0 Å². The minimum Gasteiger partial charge on any atom is -0.342 e. The van der Waals surface area contributed by atoms with E-state index in [-0.39, 0.29) is 11.6 Å². The van der Waals surface area contributed by atoms with Crippen LogP contribution in [0.2, 0.25) is 0 Å². The van der Waals surface area contributed by atoms with E-state index < -0.39 is 0 Å². The van der Waals surface area contributed by atoms with Crippen LogP contribution in [-0.2, 0) is 7.05 Å². The molecular formula is C14H17N5O. The number of piperidine rings is 1. The van der Waals surface area contributed by atoms with Gasteiger partial charge in [0.25, 0.3) is 5.56 Å². The molecule has 1 atom stereocenters. The molecule has 6 nitrogen and oxygen atoms in total. The van der Waals surface area contributed by atoms with Crippen molar-refractivity contribution < 1.29 is 0 Å². The summed E-state index contributed by atoms with van der Waals surface area (Å²) in [6.45, 7) is 0.815. The summed E-state index contributed by atoms with van der Waals surface area (Å²) in [6.07, 6.45) is 9.94. The Labute approximate surface area is 117 Å². The molecule has 0 amide bonds. The van der Waals surface area contributed by atoms with Crippen molar-refractivity contribution in [1.82, 2.24) is 19.5 Å². The predicted molar refractivity (Wildman–Crippen MR) is 75.4 cm³/mol. The molecule has 2 aromatic heterocycles. The number of rotatable bonds is 2. The summed E-state index contributed by atoms with van der Waals surface area (Å²) in [4.78, 5) is 27.3. The lowest BCUT2D eigenvalue weighted by Crippen LogP contribution is -2.39. The van der Waals surface area contributed by atoms with Gasteiger partial charge in [0.2, 0.25) is 0 Å². The molecule has 3 rings (SSSR count). The van der Waals surface area contributed by atoms with Crippen LogP contribution in [0, 0.1) is 0 Å². The van der Waals surface area contributed by atoms with Crippen molar-refractivity contribution >= 4 is 5.82 Å². The molecule has 0 radical (unpaired) electrons. The third-order valence-electron chi connectivity index (χ3n) is 3.66. The Kier molecular flexibility index (Phi) is 3.45. The van der Waals surface area contributed by atoms with E-state index in [1.54, 1.807) is 42.5 Å². The Morgan fingerprint density at radius 1 is 1.15 bits per heavy atom. The molecular weight excluding hydrogens is 254 g/mol. The number of aromatic nitrogens is 4. The number of aryl methyl sites for hydroxylation is 1. The first-order valence-electron chi connectivity index (χ1n) is 6.82. The van der Waals surface area contributed by atoms with Gasteiger partial charge in [0, 0.05) is 38.4 Å². The highest BCUT2D eigenvalue weighted by Gasteiger charge is 2.28. The summed E-state index contributed by atoms with van der Waals surface area (Å²) >= 11 is 0. The topological polar surface area (TPSA) is 63.9 Å². The monoisotopic (exact) mass is 271 g/mol. The summed E-state index contributed by atoms with van der Waals surface area (Å²) in [7, 11) is 1.74. The molecule has 0 aliphatic carbocycles. The van der Waals surface area contributed by atoms with Crippen LogP contribution in [0.3, 0.4) is 0 Å². The minimum atomic E-state index is -0.0738. The van der Waals surface area contributed by atoms with Gasteiger partial charge in [0.05, 0.1) is 6.04 Å². The molecule has 1 saturated heterocycles. The van der Waals surface area contributed by atoms with Crippen LogP contribution in [0.15, 0.2) is 35.6 Å². The highest BCUT2D eigenvalue weighted by atomic mass is 16.1. The van der Waals surface area contributed by atoms with Gasteiger partial charge >= 0.3 is 0 Å². The molecule has 20 heavy (non-hydrogen) atoms. The maximum absolute atomic E-state index is 12.3. The van der Waals surface area contributed by atoms with Crippen molar-refractivity contribution in [2.24, 2.45) is 7.05 Å². The zero-order chi connectivity index (χ0) is 13.9. The van der Waals surface area contributed by atoms with E-state index in [2.05, 4.69) is 15.0 Å². The van der Waals surface area contributed by atoms with Crippen LogP contribution in [0.25, 0.3) is 0 Å². The van der Waals surface area contributed by atoms with Gasteiger partial charge in [-0.1, -0.05) is 0 Å². The van der Waals surface area contributed by atoms with E-state index in [9.17, 15) is 4.79 Å². The fraction of sp³-hybridized carbons (Fsp3) is 0.429. The second-order valence-corrected chi connectivity index (χ2v) is 4.98. The molecule has 0 N–H and O–H groups in total. The average Bonchev–Trinajstić information content (AvgIpc) is 2.51. The SMILES string of the molecule is Cn1ccnc(N2CCCCC2c2ncccn2)c1=O. The molecule has 0 bridgehead atoms. The van der Waals surface area contributed by atoms with Gasteiger partial charge in [-0.3, -0.25) is 4.79 Å². The van der Waals surface area contributed by atoms with Crippen molar-refractivity contribution in [2.75, 3.05) is 11.4 Å². The van der Waals surface area contributed by atoms with E-state index in [1.165, 1.54) is 0 Å².